The summed E-state index contributed by atoms with van der Waals surface area (Å²) in [5, 5.41) is 0. The van der Waals surface area contributed by atoms with Crippen molar-refractivity contribution in [3.05, 3.63) is 64.7 Å². The minimum atomic E-state index is -4.49. The van der Waals surface area contributed by atoms with Crippen LogP contribution in [0.1, 0.15) is 45.8 Å². The van der Waals surface area contributed by atoms with Crippen LogP contribution < -0.4 is 10.5 Å². The molecule has 27 heavy (non-hydrogen) atoms. The Morgan fingerprint density at radius 3 is 2.67 bits per heavy atom. The van der Waals surface area contributed by atoms with Crippen LogP contribution in [0.4, 0.5) is 13.2 Å². The van der Waals surface area contributed by atoms with Crippen LogP contribution in [0.3, 0.4) is 0 Å². The fraction of sp³-hybridized carbons (Fsp3) is 0.300. The van der Waals surface area contributed by atoms with Gasteiger partial charge in [-0.05, 0) is 54.3 Å². The van der Waals surface area contributed by atoms with Gasteiger partial charge in [0.1, 0.15) is 12.4 Å². The van der Waals surface area contributed by atoms with E-state index in [0.717, 1.165) is 18.1 Å². The van der Waals surface area contributed by atoms with Crippen molar-refractivity contribution in [1.82, 2.24) is 0 Å². The lowest BCUT2D eigenvalue weighted by Gasteiger charge is -2.21. The first-order valence-electron chi connectivity index (χ1n) is 8.56. The van der Waals surface area contributed by atoms with E-state index in [9.17, 15) is 18.0 Å². The summed E-state index contributed by atoms with van der Waals surface area (Å²) in [4.78, 5) is 15.9. The van der Waals surface area contributed by atoms with E-state index in [1.165, 1.54) is 18.2 Å². The lowest BCUT2D eigenvalue weighted by Crippen LogP contribution is -2.18. The van der Waals surface area contributed by atoms with Crippen LogP contribution in [0, 0.1) is 0 Å². The topological polar surface area (TPSA) is 64.7 Å². The van der Waals surface area contributed by atoms with Crippen LogP contribution in [0.5, 0.6) is 5.75 Å². The second-order valence-corrected chi connectivity index (χ2v) is 6.38. The van der Waals surface area contributed by atoms with Gasteiger partial charge in [0.25, 0.3) is 0 Å². The quantitative estimate of drug-likeness (QED) is 0.844. The number of hydrogen-bond acceptors (Lipinski definition) is 3. The number of ether oxygens (including phenoxy) is 1. The third kappa shape index (κ3) is 4.48. The molecule has 0 spiro atoms. The Morgan fingerprint density at radius 1 is 1.22 bits per heavy atom. The molecule has 2 aromatic carbocycles. The molecule has 2 N–H and O–H groups in total. The lowest BCUT2D eigenvalue weighted by molar-refractivity contribution is -0.139. The molecule has 1 amide bonds. The molecule has 0 saturated heterocycles. The first-order chi connectivity index (χ1) is 12.9. The lowest BCUT2D eigenvalue weighted by atomic mass is 9.87. The zero-order valence-electron chi connectivity index (χ0n) is 14.5. The molecule has 0 aromatic heterocycles. The van der Waals surface area contributed by atoms with Crippen molar-refractivity contribution in [2.45, 2.75) is 31.5 Å². The third-order valence-corrected chi connectivity index (χ3v) is 4.53. The van der Waals surface area contributed by atoms with Crippen molar-refractivity contribution < 1.29 is 22.7 Å². The highest BCUT2D eigenvalue weighted by molar-refractivity contribution is 5.94. The SMILES string of the molecule is NC(=O)c1ccc(COc2ccccc2C(F)(F)F)cc1C1CC=NCC1. The second-order valence-electron chi connectivity index (χ2n) is 6.38. The number of carbonyl (C=O) groups is 1. The molecule has 2 aromatic rings. The van der Waals surface area contributed by atoms with Crippen molar-refractivity contribution in [2.75, 3.05) is 6.54 Å². The van der Waals surface area contributed by atoms with Crippen LogP contribution in [0.25, 0.3) is 0 Å². The number of benzene rings is 2. The summed E-state index contributed by atoms with van der Waals surface area (Å²) < 4.78 is 44.7. The Labute approximate surface area is 154 Å². The normalized spacial score (nSPS) is 16.9. The predicted octanol–water partition coefficient (Wildman–Crippen LogP) is 4.33. The third-order valence-electron chi connectivity index (χ3n) is 4.53. The number of hydrogen-bond donors (Lipinski definition) is 1. The molecule has 1 unspecified atom stereocenters. The molecule has 7 heteroatoms. The number of nitrogens with zero attached hydrogens (tertiary/aromatic N) is 1. The van der Waals surface area contributed by atoms with Crippen molar-refractivity contribution in [3.63, 3.8) is 0 Å². The molecule has 142 valence electrons. The second kappa shape index (κ2) is 7.82. The molecule has 0 saturated carbocycles. The number of para-hydroxylation sites is 1. The first kappa shape index (κ1) is 18.9. The Balaban J connectivity index is 1.84. The average Bonchev–Trinajstić information content (AvgIpc) is 2.66. The molecule has 1 heterocycles. The molecule has 1 aliphatic heterocycles. The summed E-state index contributed by atoms with van der Waals surface area (Å²) >= 11 is 0. The molecular weight excluding hydrogens is 357 g/mol. The molecule has 0 fully saturated rings. The highest BCUT2D eigenvalue weighted by Crippen LogP contribution is 2.36. The average molecular weight is 376 g/mol. The zero-order chi connectivity index (χ0) is 19.4. The molecule has 1 aliphatic rings. The number of primary amides is 1. The van der Waals surface area contributed by atoms with Gasteiger partial charge in [-0.3, -0.25) is 9.79 Å². The van der Waals surface area contributed by atoms with Crippen LogP contribution in [-0.2, 0) is 12.8 Å². The largest absolute Gasteiger partial charge is 0.488 e. The van der Waals surface area contributed by atoms with E-state index in [1.807, 2.05) is 6.21 Å². The number of rotatable bonds is 5. The summed E-state index contributed by atoms with van der Waals surface area (Å²) in [6, 6.07) is 10.1. The van der Waals surface area contributed by atoms with E-state index in [1.54, 1.807) is 18.2 Å². The van der Waals surface area contributed by atoms with Gasteiger partial charge in [0.15, 0.2) is 0 Å². The van der Waals surface area contributed by atoms with E-state index >= 15 is 0 Å². The Morgan fingerprint density at radius 2 is 2.00 bits per heavy atom. The zero-order valence-corrected chi connectivity index (χ0v) is 14.5. The predicted molar refractivity (Wildman–Crippen MR) is 96.1 cm³/mol. The minimum Gasteiger partial charge on any atom is -0.488 e. The van der Waals surface area contributed by atoms with Crippen molar-refractivity contribution in [1.29, 1.82) is 0 Å². The van der Waals surface area contributed by atoms with Crippen LogP contribution >= 0.6 is 0 Å². The van der Waals surface area contributed by atoms with Gasteiger partial charge in [0, 0.05) is 12.1 Å². The molecule has 3 rings (SSSR count). The number of carbonyl (C=O) groups excluding carboxylic acids is 1. The number of alkyl halides is 3. The fourth-order valence-electron chi connectivity index (χ4n) is 3.18. The molecule has 4 nitrogen and oxygen atoms in total. The highest BCUT2D eigenvalue weighted by atomic mass is 19.4. The summed E-state index contributed by atoms with van der Waals surface area (Å²) in [5.74, 6) is -0.648. The standard InChI is InChI=1S/C20H19F3N2O2/c21-20(22,23)17-3-1-2-4-18(17)27-12-13-5-6-15(19(24)26)16(11-13)14-7-9-25-10-8-14/h1-6,9,11,14H,7-8,10,12H2,(H2,24,26). The monoisotopic (exact) mass is 376 g/mol. The van der Waals surface area contributed by atoms with Gasteiger partial charge < -0.3 is 10.5 Å². The van der Waals surface area contributed by atoms with Gasteiger partial charge in [-0.1, -0.05) is 24.3 Å². The molecule has 0 aliphatic carbocycles. The van der Waals surface area contributed by atoms with Gasteiger partial charge in [0.2, 0.25) is 5.91 Å². The molecular formula is C20H19F3N2O2. The van der Waals surface area contributed by atoms with Crippen molar-refractivity contribution >= 4 is 12.1 Å². The van der Waals surface area contributed by atoms with E-state index in [4.69, 9.17) is 10.5 Å². The van der Waals surface area contributed by atoms with Gasteiger partial charge in [0.05, 0.1) is 5.56 Å². The van der Waals surface area contributed by atoms with E-state index in [2.05, 4.69) is 4.99 Å². The van der Waals surface area contributed by atoms with Crippen LogP contribution in [-0.4, -0.2) is 18.7 Å². The van der Waals surface area contributed by atoms with Crippen molar-refractivity contribution in [2.24, 2.45) is 10.7 Å². The Bertz CT molecular complexity index is 863. The van der Waals surface area contributed by atoms with Crippen LogP contribution in [0.15, 0.2) is 47.5 Å². The maximum atomic E-state index is 13.1. The summed E-state index contributed by atoms with van der Waals surface area (Å²) in [5.41, 5.74) is 6.55. The van der Waals surface area contributed by atoms with E-state index in [0.29, 0.717) is 24.1 Å². The molecule has 0 radical (unpaired) electrons. The Hall–Kier alpha value is -2.83. The highest BCUT2D eigenvalue weighted by Gasteiger charge is 2.34. The number of aliphatic imine (C=N–C) groups is 1. The van der Waals surface area contributed by atoms with E-state index in [-0.39, 0.29) is 18.3 Å². The fourth-order valence-corrected chi connectivity index (χ4v) is 3.18. The summed E-state index contributed by atoms with van der Waals surface area (Å²) in [6.45, 7) is 0.627. The number of nitrogens with two attached hydrogens (primary N) is 1. The minimum absolute atomic E-state index is 0.0417. The number of halogens is 3. The van der Waals surface area contributed by atoms with Gasteiger partial charge in [-0.2, -0.15) is 13.2 Å². The van der Waals surface area contributed by atoms with Crippen LogP contribution in [0.2, 0.25) is 0 Å². The maximum absolute atomic E-state index is 13.1. The molecule has 1 atom stereocenters. The van der Waals surface area contributed by atoms with Gasteiger partial charge >= 0.3 is 6.18 Å². The summed E-state index contributed by atoms with van der Waals surface area (Å²) in [7, 11) is 0. The van der Waals surface area contributed by atoms with Gasteiger partial charge in [-0.25, -0.2) is 0 Å². The first-order valence-corrected chi connectivity index (χ1v) is 8.56. The van der Waals surface area contributed by atoms with Gasteiger partial charge in [-0.15, -0.1) is 0 Å². The maximum Gasteiger partial charge on any atom is 0.419 e. The van der Waals surface area contributed by atoms with E-state index < -0.39 is 17.6 Å². The molecule has 0 bridgehead atoms. The smallest absolute Gasteiger partial charge is 0.419 e. The Kier molecular flexibility index (Phi) is 5.48. The van der Waals surface area contributed by atoms with Crippen molar-refractivity contribution in [3.8, 4) is 5.75 Å². The number of amides is 1. The summed E-state index contributed by atoms with van der Waals surface area (Å²) in [6.07, 6.45) is -1.18.